The van der Waals surface area contributed by atoms with Gasteiger partial charge in [-0.05, 0) is 17.7 Å². The molecule has 4 aromatic rings. The maximum Gasteiger partial charge on any atom is 0.197 e. The molecule has 0 aliphatic rings. The number of phenols is 4. The molecule has 0 bridgehead atoms. The molecule has 0 aliphatic carbocycles. The number of benzene rings is 3. The van der Waals surface area contributed by atoms with E-state index in [0.717, 1.165) is 12.1 Å². The molecule has 1 heterocycles. The minimum Gasteiger partial charge on any atom is -0.508 e. The van der Waals surface area contributed by atoms with E-state index in [2.05, 4.69) is 0 Å². The highest BCUT2D eigenvalue weighted by Crippen LogP contribution is 2.42. The minimum atomic E-state index is -0.534. The zero-order valence-corrected chi connectivity index (χ0v) is 13.9. The van der Waals surface area contributed by atoms with Gasteiger partial charge in [0.15, 0.2) is 5.43 Å². The third kappa shape index (κ3) is 2.73. The van der Waals surface area contributed by atoms with Gasteiger partial charge in [0.1, 0.15) is 39.7 Å². The standard InChI is InChI=1S/C21H14O6/c22-12-6-7-13(14(23)8-12)17-9-16(25)20-18(27-17)10-15(24)19(21(20)26)11-4-2-1-3-5-11/h1-10,22-24,26H. The molecule has 0 unspecified atom stereocenters. The number of fused-ring (bicyclic) bond motifs is 1. The van der Waals surface area contributed by atoms with Crippen molar-refractivity contribution in [2.24, 2.45) is 0 Å². The van der Waals surface area contributed by atoms with Gasteiger partial charge >= 0.3 is 0 Å². The zero-order valence-electron chi connectivity index (χ0n) is 13.9. The number of aromatic hydroxyl groups is 4. The Morgan fingerprint density at radius 2 is 1.52 bits per heavy atom. The quantitative estimate of drug-likeness (QED) is 0.430. The summed E-state index contributed by atoms with van der Waals surface area (Å²) in [5, 5.41) is 40.3. The minimum absolute atomic E-state index is 0.0281. The van der Waals surface area contributed by atoms with Crippen LogP contribution in [0.25, 0.3) is 33.4 Å². The summed E-state index contributed by atoms with van der Waals surface area (Å²) in [6.45, 7) is 0. The van der Waals surface area contributed by atoms with Gasteiger partial charge in [-0.15, -0.1) is 0 Å². The summed E-state index contributed by atoms with van der Waals surface area (Å²) in [5.74, 6) is -1.00. The first kappa shape index (κ1) is 16.5. The first-order valence-corrected chi connectivity index (χ1v) is 8.06. The summed E-state index contributed by atoms with van der Waals surface area (Å²) < 4.78 is 5.64. The topological polar surface area (TPSA) is 111 Å². The van der Waals surface area contributed by atoms with Crippen molar-refractivity contribution in [3.8, 4) is 45.4 Å². The smallest absolute Gasteiger partial charge is 0.197 e. The summed E-state index contributed by atoms with van der Waals surface area (Å²) in [5.41, 5.74) is 0.315. The Morgan fingerprint density at radius 1 is 0.778 bits per heavy atom. The summed E-state index contributed by atoms with van der Waals surface area (Å²) in [6, 6.07) is 14.9. The average molecular weight is 362 g/mol. The van der Waals surface area contributed by atoms with Crippen LogP contribution in [0.2, 0.25) is 0 Å². The molecular weight excluding hydrogens is 348 g/mol. The lowest BCUT2D eigenvalue weighted by Gasteiger charge is -2.11. The van der Waals surface area contributed by atoms with E-state index < -0.39 is 5.43 Å². The molecule has 134 valence electrons. The van der Waals surface area contributed by atoms with Crippen LogP contribution in [0.1, 0.15) is 0 Å². The van der Waals surface area contributed by atoms with Gasteiger partial charge in [0.05, 0.1) is 11.1 Å². The lowest BCUT2D eigenvalue weighted by molar-refractivity contribution is 0.450. The van der Waals surface area contributed by atoms with E-state index in [1.165, 1.54) is 18.2 Å². The van der Waals surface area contributed by atoms with Crippen LogP contribution in [0.15, 0.2) is 69.9 Å². The highest BCUT2D eigenvalue weighted by molar-refractivity contribution is 5.95. The predicted molar refractivity (Wildman–Crippen MR) is 100 cm³/mol. The van der Waals surface area contributed by atoms with Crippen LogP contribution >= 0.6 is 0 Å². The third-order valence-electron chi connectivity index (χ3n) is 4.28. The molecule has 0 spiro atoms. The van der Waals surface area contributed by atoms with E-state index in [4.69, 9.17) is 4.42 Å². The van der Waals surface area contributed by atoms with Gasteiger partial charge in [-0.3, -0.25) is 4.79 Å². The van der Waals surface area contributed by atoms with Crippen molar-refractivity contribution in [2.45, 2.75) is 0 Å². The molecular formula is C21H14O6. The van der Waals surface area contributed by atoms with Crippen molar-refractivity contribution >= 4 is 11.0 Å². The fourth-order valence-electron chi connectivity index (χ4n) is 3.04. The van der Waals surface area contributed by atoms with Gasteiger partial charge in [-0.2, -0.15) is 0 Å². The second-order valence-corrected chi connectivity index (χ2v) is 6.03. The molecule has 4 rings (SSSR count). The van der Waals surface area contributed by atoms with Crippen molar-refractivity contribution in [3.05, 3.63) is 70.9 Å². The Bertz CT molecular complexity index is 1230. The molecule has 0 aliphatic heterocycles. The van der Waals surface area contributed by atoms with E-state index in [0.29, 0.717) is 5.56 Å². The lowest BCUT2D eigenvalue weighted by Crippen LogP contribution is -2.01. The molecule has 6 heteroatoms. The molecule has 0 amide bonds. The van der Waals surface area contributed by atoms with Gasteiger partial charge in [-0.25, -0.2) is 0 Å². The third-order valence-corrected chi connectivity index (χ3v) is 4.28. The fourth-order valence-corrected chi connectivity index (χ4v) is 3.04. The van der Waals surface area contributed by atoms with Gasteiger partial charge < -0.3 is 24.8 Å². The first-order valence-electron chi connectivity index (χ1n) is 8.06. The number of rotatable bonds is 2. The molecule has 6 nitrogen and oxygen atoms in total. The van der Waals surface area contributed by atoms with Gasteiger partial charge in [0.2, 0.25) is 0 Å². The molecule has 0 radical (unpaired) electrons. The van der Waals surface area contributed by atoms with Crippen molar-refractivity contribution in [1.29, 1.82) is 0 Å². The number of phenolic OH excluding ortho intramolecular Hbond substituents is 4. The molecule has 0 fully saturated rings. The number of hydrogen-bond acceptors (Lipinski definition) is 6. The molecule has 0 saturated heterocycles. The van der Waals surface area contributed by atoms with Crippen LogP contribution < -0.4 is 5.43 Å². The maximum atomic E-state index is 12.6. The van der Waals surface area contributed by atoms with E-state index >= 15 is 0 Å². The molecule has 3 aromatic carbocycles. The summed E-state index contributed by atoms with van der Waals surface area (Å²) in [6.07, 6.45) is 0. The molecule has 1 aromatic heterocycles. The summed E-state index contributed by atoms with van der Waals surface area (Å²) >= 11 is 0. The van der Waals surface area contributed by atoms with Gasteiger partial charge in [0.25, 0.3) is 0 Å². The summed E-state index contributed by atoms with van der Waals surface area (Å²) in [4.78, 5) is 12.6. The Labute approximate surface area is 152 Å². The van der Waals surface area contributed by atoms with Crippen molar-refractivity contribution in [2.75, 3.05) is 0 Å². The average Bonchev–Trinajstić information content (AvgIpc) is 2.61. The summed E-state index contributed by atoms with van der Waals surface area (Å²) in [7, 11) is 0. The van der Waals surface area contributed by atoms with Gasteiger partial charge in [0, 0.05) is 18.2 Å². The van der Waals surface area contributed by atoms with Crippen LogP contribution in [-0.4, -0.2) is 20.4 Å². The molecule has 4 N–H and O–H groups in total. The monoisotopic (exact) mass is 362 g/mol. The van der Waals surface area contributed by atoms with Crippen molar-refractivity contribution in [1.82, 2.24) is 0 Å². The molecule has 0 saturated carbocycles. The van der Waals surface area contributed by atoms with Crippen LogP contribution in [0.4, 0.5) is 0 Å². The molecule has 0 atom stereocenters. The van der Waals surface area contributed by atoms with Crippen molar-refractivity contribution in [3.63, 3.8) is 0 Å². The Kier molecular flexibility index (Phi) is 3.74. The fraction of sp³-hybridized carbons (Fsp3) is 0. The van der Waals surface area contributed by atoms with Crippen LogP contribution in [-0.2, 0) is 0 Å². The highest BCUT2D eigenvalue weighted by atomic mass is 16.3. The van der Waals surface area contributed by atoms with Crippen LogP contribution in [0.5, 0.6) is 23.0 Å². The van der Waals surface area contributed by atoms with E-state index in [1.54, 1.807) is 30.3 Å². The Morgan fingerprint density at radius 3 is 2.22 bits per heavy atom. The SMILES string of the molecule is O=c1cc(-c2ccc(O)cc2O)oc2cc(O)c(-c3ccccc3)c(O)c12. The van der Waals surface area contributed by atoms with Gasteiger partial charge in [-0.1, -0.05) is 30.3 Å². The normalized spacial score (nSPS) is 11.0. The largest absolute Gasteiger partial charge is 0.508 e. The second-order valence-electron chi connectivity index (χ2n) is 6.03. The predicted octanol–water partition coefficient (Wildman–Crippen LogP) is 3.95. The first-order chi connectivity index (χ1) is 13.0. The number of hydrogen-bond donors (Lipinski definition) is 4. The van der Waals surface area contributed by atoms with E-state index in [-0.39, 0.29) is 50.9 Å². The Balaban J connectivity index is 1.99. The van der Waals surface area contributed by atoms with Crippen LogP contribution in [0, 0.1) is 0 Å². The lowest BCUT2D eigenvalue weighted by atomic mass is 10.00. The molecule has 27 heavy (non-hydrogen) atoms. The van der Waals surface area contributed by atoms with Crippen molar-refractivity contribution < 1.29 is 24.8 Å². The second kappa shape index (κ2) is 6.10. The van der Waals surface area contributed by atoms with E-state index in [1.807, 2.05) is 0 Å². The Hall–Kier alpha value is -3.93. The zero-order chi connectivity index (χ0) is 19.1. The van der Waals surface area contributed by atoms with Crippen LogP contribution in [0.3, 0.4) is 0 Å². The highest BCUT2D eigenvalue weighted by Gasteiger charge is 2.20. The van der Waals surface area contributed by atoms with E-state index in [9.17, 15) is 25.2 Å². The maximum absolute atomic E-state index is 12.6.